The summed E-state index contributed by atoms with van der Waals surface area (Å²) in [6, 6.07) is 45.3. The third-order valence-corrected chi connectivity index (χ3v) is 7.56. The van der Waals surface area contributed by atoms with Crippen LogP contribution in [-0.4, -0.2) is 14.1 Å². The largest absolute Gasteiger partial charge is 0.317 e. The number of fused-ring (bicyclic) bond motifs is 5. The van der Waals surface area contributed by atoms with E-state index in [-0.39, 0.29) is 0 Å². The van der Waals surface area contributed by atoms with Crippen LogP contribution in [0.2, 0.25) is 0 Å². The molecule has 3 nitrogen and oxygen atoms in total. The molecule has 8 rings (SSSR count). The van der Waals surface area contributed by atoms with Gasteiger partial charge in [-0.25, -0.2) is 4.98 Å². The van der Waals surface area contributed by atoms with Crippen LogP contribution < -0.4 is 0 Å². The first-order chi connectivity index (χ1) is 18.8. The lowest BCUT2D eigenvalue weighted by Gasteiger charge is -2.10. The van der Waals surface area contributed by atoms with E-state index in [9.17, 15) is 0 Å². The average Bonchev–Trinajstić information content (AvgIpc) is 3.54. The fraction of sp³-hybridized carbons (Fsp3) is 0. The summed E-state index contributed by atoms with van der Waals surface area (Å²) in [4.78, 5) is 4.93. The topological polar surface area (TPSA) is 22.8 Å². The fourth-order valence-corrected chi connectivity index (χ4v) is 5.73. The molecule has 0 aliphatic heterocycles. The summed E-state index contributed by atoms with van der Waals surface area (Å²) in [7, 11) is 0. The predicted molar refractivity (Wildman–Crippen MR) is 158 cm³/mol. The lowest BCUT2D eigenvalue weighted by molar-refractivity contribution is 1.08. The number of hydrogen-bond donors (Lipinski definition) is 0. The summed E-state index contributed by atoms with van der Waals surface area (Å²) in [5.74, 6) is 0.920. The van der Waals surface area contributed by atoms with Gasteiger partial charge in [-0.15, -0.1) is 0 Å². The molecule has 8 aromatic rings. The zero-order valence-electron chi connectivity index (χ0n) is 20.6. The van der Waals surface area contributed by atoms with Crippen molar-refractivity contribution in [2.45, 2.75) is 0 Å². The van der Waals surface area contributed by atoms with Crippen molar-refractivity contribution in [2.24, 2.45) is 0 Å². The van der Waals surface area contributed by atoms with Crippen molar-refractivity contribution in [1.82, 2.24) is 14.1 Å². The number of para-hydroxylation sites is 2. The van der Waals surface area contributed by atoms with E-state index in [1.807, 2.05) is 12.3 Å². The summed E-state index contributed by atoms with van der Waals surface area (Å²) < 4.78 is 4.55. The van der Waals surface area contributed by atoms with E-state index in [4.69, 9.17) is 4.98 Å². The van der Waals surface area contributed by atoms with Gasteiger partial charge in [0, 0.05) is 39.8 Å². The van der Waals surface area contributed by atoms with Crippen LogP contribution in [0.15, 0.2) is 140 Å². The Kier molecular flexibility index (Phi) is 4.52. The van der Waals surface area contributed by atoms with Crippen LogP contribution in [0.1, 0.15) is 0 Å². The van der Waals surface area contributed by atoms with Gasteiger partial charge >= 0.3 is 0 Å². The minimum atomic E-state index is 0.920. The first-order valence-corrected chi connectivity index (χ1v) is 12.9. The first-order valence-electron chi connectivity index (χ1n) is 12.9. The van der Waals surface area contributed by atoms with Gasteiger partial charge in [-0.3, -0.25) is 4.57 Å². The highest BCUT2D eigenvalue weighted by molar-refractivity contribution is 6.14. The van der Waals surface area contributed by atoms with Crippen molar-refractivity contribution in [3.63, 3.8) is 0 Å². The third kappa shape index (κ3) is 3.19. The molecular weight excluding hydrogens is 462 g/mol. The minimum Gasteiger partial charge on any atom is -0.317 e. The van der Waals surface area contributed by atoms with E-state index in [0.717, 1.165) is 22.4 Å². The lowest BCUT2D eigenvalue weighted by atomic mass is 10.0. The highest BCUT2D eigenvalue weighted by Gasteiger charge is 2.15. The maximum atomic E-state index is 4.93. The molecule has 5 aromatic carbocycles. The molecule has 0 amide bonds. The monoisotopic (exact) mass is 485 g/mol. The van der Waals surface area contributed by atoms with E-state index < -0.39 is 0 Å². The van der Waals surface area contributed by atoms with E-state index in [1.165, 1.54) is 43.7 Å². The highest BCUT2D eigenvalue weighted by atomic mass is 15.1. The summed E-state index contributed by atoms with van der Waals surface area (Å²) in [6.45, 7) is 0. The third-order valence-electron chi connectivity index (χ3n) is 7.56. The molecule has 0 unspecified atom stereocenters. The van der Waals surface area contributed by atoms with Gasteiger partial charge in [0.15, 0.2) is 0 Å². The first kappa shape index (κ1) is 21.0. The van der Waals surface area contributed by atoms with Crippen molar-refractivity contribution in [3.8, 4) is 22.6 Å². The molecule has 0 aliphatic carbocycles. The number of rotatable bonds is 3. The zero-order chi connectivity index (χ0) is 25.1. The number of aromatic nitrogens is 3. The second kappa shape index (κ2) is 8.19. The molecule has 178 valence electrons. The van der Waals surface area contributed by atoms with Gasteiger partial charge in [0.2, 0.25) is 0 Å². The van der Waals surface area contributed by atoms with Crippen LogP contribution >= 0.6 is 0 Å². The van der Waals surface area contributed by atoms with Gasteiger partial charge in [-0.2, -0.15) is 0 Å². The van der Waals surface area contributed by atoms with Crippen molar-refractivity contribution in [1.29, 1.82) is 0 Å². The van der Waals surface area contributed by atoms with E-state index in [0.29, 0.717) is 0 Å². The van der Waals surface area contributed by atoms with Gasteiger partial charge in [-0.1, -0.05) is 66.7 Å². The maximum absolute atomic E-state index is 4.93. The van der Waals surface area contributed by atoms with Crippen LogP contribution in [0.5, 0.6) is 0 Å². The minimum absolute atomic E-state index is 0.920. The standard InChI is InChI=1S/C35H23N3/c1-3-9-24(10-4-1)26-15-16-35(36-23-26)38-32-14-8-7-13-30(32)31-20-27-19-25-17-18-37(29-11-5-2-6-12-29)33(25)21-28(27)22-34(31)38/h1-23H. The Bertz CT molecular complexity index is 2100. The second-order valence-corrected chi connectivity index (χ2v) is 9.77. The quantitative estimate of drug-likeness (QED) is 0.245. The molecule has 0 fully saturated rings. The predicted octanol–water partition coefficient (Wildman–Crippen LogP) is 8.94. The zero-order valence-corrected chi connectivity index (χ0v) is 20.6. The van der Waals surface area contributed by atoms with Crippen molar-refractivity contribution in [3.05, 3.63) is 140 Å². The van der Waals surface area contributed by atoms with Crippen molar-refractivity contribution < 1.29 is 0 Å². The van der Waals surface area contributed by atoms with Gasteiger partial charge in [-0.05, 0) is 77.0 Å². The summed E-state index contributed by atoms with van der Waals surface area (Å²) in [5.41, 5.74) is 6.98. The molecule has 0 radical (unpaired) electrons. The van der Waals surface area contributed by atoms with E-state index in [1.54, 1.807) is 0 Å². The highest BCUT2D eigenvalue weighted by Crippen LogP contribution is 2.36. The molecule has 0 spiro atoms. The van der Waals surface area contributed by atoms with Gasteiger partial charge < -0.3 is 4.57 Å². The Labute approximate surface area is 219 Å². The Hall–Kier alpha value is -5.15. The van der Waals surface area contributed by atoms with Crippen LogP contribution in [0.25, 0.3) is 66.1 Å². The molecular formula is C35H23N3. The molecule has 3 heteroatoms. The normalized spacial score (nSPS) is 11.7. The van der Waals surface area contributed by atoms with Gasteiger partial charge in [0.05, 0.1) is 16.6 Å². The molecule has 3 aromatic heterocycles. The van der Waals surface area contributed by atoms with E-state index in [2.05, 4.69) is 137 Å². The summed E-state index contributed by atoms with van der Waals surface area (Å²) in [5, 5.41) is 6.17. The Morgan fingerprint density at radius 1 is 0.474 bits per heavy atom. The molecule has 0 saturated carbocycles. The Morgan fingerprint density at radius 2 is 1.21 bits per heavy atom. The maximum Gasteiger partial charge on any atom is 0.137 e. The number of pyridine rings is 1. The van der Waals surface area contributed by atoms with Crippen molar-refractivity contribution >= 4 is 43.5 Å². The van der Waals surface area contributed by atoms with E-state index >= 15 is 0 Å². The fourth-order valence-electron chi connectivity index (χ4n) is 5.73. The Morgan fingerprint density at radius 3 is 2.03 bits per heavy atom. The van der Waals surface area contributed by atoms with Gasteiger partial charge in [0.25, 0.3) is 0 Å². The second-order valence-electron chi connectivity index (χ2n) is 9.77. The molecule has 0 aliphatic rings. The van der Waals surface area contributed by atoms with Crippen LogP contribution in [0.3, 0.4) is 0 Å². The molecule has 0 saturated heterocycles. The molecule has 0 atom stereocenters. The lowest BCUT2D eigenvalue weighted by Crippen LogP contribution is -1.97. The summed E-state index contributed by atoms with van der Waals surface area (Å²) in [6.07, 6.45) is 4.13. The van der Waals surface area contributed by atoms with Crippen LogP contribution in [0, 0.1) is 0 Å². The van der Waals surface area contributed by atoms with Crippen LogP contribution in [-0.2, 0) is 0 Å². The Balaban J connectivity index is 1.37. The molecule has 0 N–H and O–H groups in total. The molecule has 38 heavy (non-hydrogen) atoms. The number of benzene rings is 5. The van der Waals surface area contributed by atoms with Crippen LogP contribution in [0.4, 0.5) is 0 Å². The average molecular weight is 486 g/mol. The smallest absolute Gasteiger partial charge is 0.137 e. The SMILES string of the molecule is c1ccc(-c2ccc(-n3c4ccccc4c4cc5cc6ccn(-c7ccccc7)c6cc5cc43)nc2)cc1. The summed E-state index contributed by atoms with van der Waals surface area (Å²) >= 11 is 0. The van der Waals surface area contributed by atoms with Crippen molar-refractivity contribution in [2.75, 3.05) is 0 Å². The number of nitrogens with zero attached hydrogens (tertiary/aromatic N) is 3. The molecule has 3 heterocycles. The number of hydrogen-bond acceptors (Lipinski definition) is 1. The van der Waals surface area contributed by atoms with Gasteiger partial charge in [0.1, 0.15) is 5.82 Å². The molecule has 0 bridgehead atoms.